The lowest BCUT2D eigenvalue weighted by Crippen LogP contribution is -2.60. The molecule has 0 aliphatic carbocycles. The second kappa shape index (κ2) is 4.34. The summed E-state index contributed by atoms with van der Waals surface area (Å²) in [5.74, 6) is 0. The van der Waals surface area contributed by atoms with E-state index in [0.717, 1.165) is 13.0 Å². The second-order valence-electron chi connectivity index (χ2n) is 5.84. The van der Waals surface area contributed by atoms with Crippen LogP contribution in [0.5, 0.6) is 0 Å². The molecule has 0 bridgehead atoms. The van der Waals surface area contributed by atoms with Crippen molar-refractivity contribution in [2.24, 2.45) is 5.73 Å². The van der Waals surface area contributed by atoms with E-state index < -0.39 is 0 Å². The number of anilines is 1. The van der Waals surface area contributed by atoms with E-state index in [4.69, 9.17) is 5.73 Å². The average molecular weight is 232 g/mol. The van der Waals surface area contributed by atoms with Crippen LogP contribution in [-0.4, -0.2) is 18.1 Å². The average Bonchev–Trinajstić information content (AvgIpc) is 2.23. The van der Waals surface area contributed by atoms with E-state index >= 15 is 0 Å². The molecule has 0 amide bonds. The highest BCUT2D eigenvalue weighted by Crippen LogP contribution is 2.33. The maximum absolute atomic E-state index is 6.28. The number of piperidine rings is 1. The summed E-state index contributed by atoms with van der Waals surface area (Å²) < 4.78 is 0. The zero-order chi connectivity index (χ0) is 12.6. The predicted molar refractivity (Wildman–Crippen MR) is 74.6 cm³/mol. The molecule has 1 atom stereocenters. The lowest BCUT2D eigenvalue weighted by atomic mass is 9.84. The van der Waals surface area contributed by atoms with Gasteiger partial charge in [-0.1, -0.05) is 17.7 Å². The first-order chi connectivity index (χ1) is 7.93. The topological polar surface area (TPSA) is 29.3 Å². The Hall–Kier alpha value is -1.02. The van der Waals surface area contributed by atoms with Crippen LogP contribution in [0.15, 0.2) is 18.2 Å². The molecule has 1 saturated heterocycles. The molecular formula is C15H24N2. The number of hydrogen-bond acceptors (Lipinski definition) is 2. The summed E-state index contributed by atoms with van der Waals surface area (Å²) in [4.78, 5) is 2.48. The first-order valence-electron chi connectivity index (χ1n) is 6.53. The van der Waals surface area contributed by atoms with Crippen LogP contribution in [0.25, 0.3) is 0 Å². The van der Waals surface area contributed by atoms with E-state index in [1.54, 1.807) is 0 Å². The molecule has 0 spiro atoms. The van der Waals surface area contributed by atoms with Crippen molar-refractivity contribution in [2.45, 2.75) is 52.1 Å². The number of benzene rings is 1. The zero-order valence-electron chi connectivity index (χ0n) is 11.5. The largest absolute Gasteiger partial charge is 0.365 e. The smallest absolute Gasteiger partial charge is 0.0496 e. The molecule has 1 heterocycles. The molecule has 0 saturated carbocycles. The highest BCUT2D eigenvalue weighted by atomic mass is 15.2. The minimum absolute atomic E-state index is 0.0538. The molecule has 2 rings (SSSR count). The van der Waals surface area contributed by atoms with Gasteiger partial charge >= 0.3 is 0 Å². The Balaban J connectivity index is 2.38. The van der Waals surface area contributed by atoms with Gasteiger partial charge in [-0.15, -0.1) is 0 Å². The van der Waals surface area contributed by atoms with E-state index in [1.807, 2.05) is 0 Å². The van der Waals surface area contributed by atoms with Crippen LogP contribution in [0.3, 0.4) is 0 Å². The quantitative estimate of drug-likeness (QED) is 0.806. The van der Waals surface area contributed by atoms with Crippen molar-refractivity contribution in [1.82, 2.24) is 0 Å². The third-order valence-corrected chi connectivity index (χ3v) is 4.14. The van der Waals surface area contributed by atoms with Crippen molar-refractivity contribution >= 4 is 5.69 Å². The van der Waals surface area contributed by atoms with Crippen molar-refractivity contribution in [3.8, 4) is 0 Å². The van der Waals surface area contributed by atoms with Gasteiger partial charge < -0.3 is 10.6 Å². The second-order valence-corrected chi connectivity index (χ2v) is 5.84. The SMILES string of the molecule is Cc1ccc(N2CCCC(N)C2(C)C)c(C)c1. The maximum Gasteiger partial charge on any atom is 0.0496 e. The van der Waals surface area contributed by atoms with Crippen molar-refractivity contribution in [1.29, 1.82) is 0 Å². The molecule has 2 heteroatoms. The van der Waals surface area contributed by atoms with Crippen LogP contribution in [0, 0.1) is 13.8 Å². The Morgan fingerprint density at radius 2 is 2.00 bits per heavy atom. The van der Waals surface area contributed by atoms with Crippen LogP contribution in [0.2, 0.25) is 0 Å². The van der Waals surface area contributed by atoms with Gasteiger partial charge in [-0.2, -0.15) is 0 Å². The van der Waals surface area contributed by atoms with Crippen LogP contribution in [0.1, 0.15) is 37.8 Å². The standard InChI is InChI=1S/C15H24N2/c1-11-7-8-13(12(2)10-11)17-9-5-6-14(16)15(17,3)4/h7-8,10,14H,5-6,9,16H2,1-4H3. The Morgan fingerprint density at radius 1 is 1.29 bits per heavy atom. The van der Waals surface area contributed by atoms with Gasteiger partial charge in [-0.25, -0.2) is 0 Å². The minimum Gasteiger partial charge on any atom is -0.365 e. The summed E-state index contributed by atoms with van der Waals surface area (Å²) in [5, 5.41) is 0. The van der Waals surface area contributed by atoms with Gasteiger partial charge in [0.25, 0.3) is 0 Å². The minimum atomic E-state index is 0.0538. The monoisotopic (exact) mass is 232 g/mol. The molecule has 1 unspecified atom stereocenters. The Bertz CT molecular complexity index is 409. The van der Waals surface area contributed by atoms with Gasteiger partial charge in [0.05, 0.1) is 0 Å². The van der Waals surface area contributed by atoms with E-state index in [2.05, 4.69) is 50.8 Å². The predicted octanol–water partition coefficient (Wildman–Crippen LogP) is 3.01. The Labute approximate surface area is 105 Å². The van der Waals surface area contributed by atoms with Gasteiger partial charge in [-0.05, 0) is 52.2 Å². The molecule has 2 N–H and O–H groups in total. The van der Waals surface area contributed by atoms with Crippen molar-refractivity contribution in [3.63, 3.8) is 0 Å². The molecule has 0 aromatic heterocycles. The van der Waals surface area contributed by atoms with Crippen LogP contribution in [0.4, 0.5) is 5.69 Å². The number of aryl methyl sites for hydroxylation is 2. The van der Waals surface area contributed by atoms with Crippen molar-refractivity contribution in [2.75, 3.05) is 11.4 Å². The van der Waals surface area contributed by atoms with Crippen molar-refractivity contribution < 1.29 is 0 Å². The Morgan fingerprint density at radius 3 is 2.65 bits per heavy atom. The molecule has 2 nitrogen and oxygen atoms in total. The van der Waals surface area contributed by atoms with Crippen molar-refractivity contribution in [3.05, 3.63) is 29.3 Å². The van der Waals surface area contributed by atoms with Gasteiger partial charge in [0, 0.05) is 23.8 Å². The summed E-state index contributed by atoms with van der Waals surface area (Å²) in [6, 6.07) is 6.95. The summed E-state index contributed by atoms with van der Waals surface area (Å²) in [6.45, 7) is 9.97. The van der Waals surface area contributed by atoms with Gasteiger partial charge in [-0.3, -0.25) is 0 Å². The van der Waals surface area contributed by atoms with Gasteiger partial charge in [0.2, 0.25) is 0 Å². The molecule has 94 valence electrons. The zero-order valence-corrected chi connectivity index (χ0v) is 11.5. The molecule has 1 aliphatic rings. The fraction of sp³-hybridized carbons (Fsp3) is 0.600. The summed E-state index contributed by atoms with van der Waals surface area (Å²) in [6.07, 6.45) is 2.33. The van der Waals surface area contributed by atoms with Crippen LogP contribution >= 0.6 is 0 Å². The number of rotatable bonds is 1. The molecule has 1 aromatic carbocycles. The molecule has 1 aromatic rings. The molecular weight excluding hydrogens is 208 g/mol. The summed E-state index contributed by atoms with van der Waals surface area (Å²) >= 11 is 0. The fourth-order valence-electron chi connectivity index (χ4n) is 2.85. The normalized spacial score (nSPS) is 23.8. The maximum atomic E-state index is 6.28. The van der Waals surface area contributed by atoms with Crippen LogP contribution in [-0.2, 0) is 0 Å². The highest BCUT2D eigenvalue weighted by Gasteiger charge is 2.36. The van der Waals surface area contributed by atoms with E-state index in [-0.39, 0.29) is 11.6 Å². The number of nitrogens with two attached hydrogens (primary N) is 1. The first kappa shape index (κ1) is 12.4. The molecule has 0 radical (unpaired) electrons. The summed E-state index contributed by atoms with van der Waals surface area (Å²) in [7, 11) is 0. The lowest BCUT2D eigenvalue weighted by molar-refractivity contribution is 0.309. The summed E-state index contributed by atoms with van der Waals surface area (Å²) in [5.41, 5.74) is 10.4. The van der Waals surface area contributed by atoms with Crippen LogP contribution < -0.4 is 10.6 Å². The van der Waals surface area contributed by atoms with Gasteiger partial charge in [0.15, 0.2) is 0 Å². The molecule has 1 fully saturated rings. The van der Waals surface area contributed by atoms with E-state index in [1.165, 1.54) is 23.2 Å². The van der Waals surface area contributed by atoms with Gasteiger partial charge in [0.1, 0.15) is 0 Å². The first-order valence-corrected chi connectivity index (χ1v) is 6.53. The van der Waals surface area contributed by atoms with E-state index in [0.29, 0.717) is 0 Å². The Kier molecular flexibility index (Phi) is 3.17. The highest BCUT2D eigenvalue weighted by molar-refractivity contribution is 5.57. The number of nitrogens with zero attached hydrogens (tertiary/aromatic N) is 1. The van der Waals surface area contributed by atoms with E-state index in [9.17, 15) is 0 Å². The number of hydrogen-bond donors (Lipinski definition) is 1. The molecule has 1 aliphatic heterocycles. The third-order valence-electron chi connectivity index (χ3n) is 4.14. The fourth-order valence-corrected chi connectivity index (χ4v) is 2.85. The molecule has 17 heavy (non-hydrogen) atoms. The lowest BCUT2D eigenvalue weighted by Gasteiger charge is -2.48. The third kappa shape index (κ3) is 2.19.